The van der Waals surface area contributed by atoms with Gasteiger partial charge in [0.15, 0.2) is 6.29 Å². The van der Waals surface area contributed by atoms with E-state index in [1.165, 1.54) is 0 Å². The summed E-state index contributed by atoms with van der Waals surface area (Å²) >= 11 is 6.02. The predicted molar refractivity (Wildman–Crippen MR) is 70.8 cm³/mol. The summed E-state index contributed by atoms with van der Waals surface area (Å²) in [7, 11) is 0. The van der Waals surface area contributed by atoms with Crippen molar-refractivity contribution < 1.29 is 4.79 Å². The first-order valence-electron chi connectivity index (χ1n) is 5.47. The molecule has 88 valence electrons. The summed E-state index contributed by atoms with van der Waals surface area (Å²) in [6.07, 6.45) is 2.48. The van der Waals surface area contributed by atoms with Gasteiger partial charge in [-0.2, -0.15) is 0 Å². The molecular formula is C14H14ClNO. The van der Waals surface area contributed by atoms with Crippen molar-refractivity contribution >= 4 is 28.8 Å². The highest BCUT2D eigenvalue weighted by molar-refractivity contribution is 6.31. The minimum absolute atomic E-state index is 0.123. The van der Waals surface area contributed by atoms with Gasteiger partial charge >= 0.3 is 0 Å². The van der Waals surface area contributed by atoms with Gasteiger partial charge in [-0.1, -0.05) is 32.4 Å². The Morgan fingerprint density at radius 1 is 1.29 bits per heavy atom. The molecule has 0 aliphatic rings. The lowest BCUT2D eigenvalue weighted by atomic mass is 9.82. The Kier molecular flexibility index (Phi) is 2.92. The second-order valence-corrected chi connectivity index (χ2v) is 5.55. The number of nitrogens with zero attached hydrogens (tertiary/aromatic N) is 1. The van der Waals surface area contributed by atoms with E-state index in [1.807, 2.05) is 18.2 Å². The lowest BCUT2D eigenvalue weighted by Gasteiger charge is -2.23. The molecule has 0 spiro atoms. The van der Waals surface area contributed by atoms with Crippen LogP contribution in [0.25, 0.3) is 10.9 Å². The molecule has 3 heteroatoms. The molecule has 2 nitrogen and oxygen atoms in total. The Hall–Kier alpha value is -1.41. The lowest BCUT2D eigenvalue weighted by Crippen LogP contribution is -2.15. The Bertz CT molecular complexity index is 585. The minimum atomic E-state index is -0.123. The molecule has 2 aromatic rings. The van der Waals surface area contributed by atoms with Gasteiger partial charge in [0.2, 0.25) is 0 Å². The van der Waals surface area contributed by atoms with Gasteiger partial charge in [0, 0.05) is 22.2 Å². The van der Waals surface area contributed by atoms with Crippen molar-refractivity contribution in [3.8, 4) is 0 Å². The molecule has 2 rings (SSSR count). The highest BCUT2D eigenvalue weighted by Gasteiger charge is 2.21. The topological polar surface area (TPSA) is 30.0 Å². The molecular weight excluding hydrogens is 234 g/mol. The third-order valence-corrected chi connectivity index (χ3v) is 2.97. The van der Waals surface area contributed by atoms with Crippen molar-refractivity contribution in [2.24, 2.45) is 0 Å². The highest BCUT2D eigenvalue weighted by atomic mass is 35.5. The first-order valence-corrected chi connectivity index (χ1v) is 5.85. The van der Waals surface area contributed by atoms with Crippen molar-refractivity contribution in [3.05, 3.63) is 40.5 Å². The molecule has 0 radical (unpaired) electrons. The van der Waals surface area contributed by atoms with Crippen LogP contribution in [0.2, 0.25) is 5.02 Å². The summed E-state index contributed by atoms with van der Waals surface area (Å²) in [6.45, 7) is 6.24. The summed E-state index contributed by atoms with van der Waals surface area (Å²) in [4.78, 5) is 15.4. The van der Waals surface area contributed by atoms with Gasteiger partial charge in [0.25, 0.3) is 0 Å². The van der Waals surface area contributed by atoms with Gasteiger partial charge in [-0.05, 0) is 29.2 Å². The van der Waals surface area contributed by atoms with E-state index in [1.54, 1.807) is 6.20 Å². The van der Waals surface area contributed by atoms with Crippen LogP contribution in [-0.2, 0) is 5.41 Å². The molecule has 0 saturated carbocycles. The SMILES string of the molecule is CC(C)(C)c1c(C=O)cnc2ccc(Cl)cc12. The average molecular weight is 248 g/mol. The molecule has 0 fully saturated rings. The first-order chi connectivity index (χ1) is 7.93. The van der Waals surface area contributed by atoms with Gasteiger partial charge < -0.3 is 0 Å². The number of carbonyl (C=O) groups is 1. The van der Waals surface area contributed by atoms with E-state index in [0.717, 1.165) is 22.8 Å². The fourth-order valence-electron chi connectivity index (χ4n) is 2.11. The number of aromatic nitrogens is 1. The van der Waals surface area contributed by atoms with Crippen LogP contribution in [0.1, 0.15) is 36.7 Å². The molecule has 17 heavy (non-hydrogen) atoms. The van der Waals surface area contributed by atoms with E-state index in [9.17, 15) is 4.79 Å². The van der Waals surface area contributed by atoms with Crippen LogP contribution in [0.4, 0.5) is 0 Å². The Balaban J connectivity index is 2.92. The quantitative estimate of drug-likeness (QED) is 0.713. The Morgan fingerprint density at radius 3 is 2.59 bits per heavy atom. The molecule has 0 N–H and O–H groups in total. The Labute approximate surface area is 106 Å². The molecule has 0 bridgehead atoms. The molecule has 1 heterocycles. The van der Waals surface area contributed by atoms with Crippen LogP contribution in [0.3, 0.4) is 0 Å². The second kappa shape index (κ2) is 4.11. The number of benzene rings is 1. The van der Waals surface area contributed by atoms with E-state index >= 15 is 0 Å². The maximum atomic E-state index is 11.1. The number of halogens is 1. The smallest absolute Gasteiger partial charge is 0.151 e. The van der Waals surface area contributed by atoms with Crippen LogP contribution in [0.15, 0.2) is 24.4 Å². The predicted octanol–water partition coefficient (Wildman–Crippen LogP) is 4.00. The number of rotatable bonds is 1. The van der Waals surface area contributed by atoms with Crippen LogP contribution in [-0.4, -0.2) is 11.3 Å². The van der Waals surface area contributed by atoms with E-state index < -0.39 is 0 Å². The number of carbonyl (C=O) groups excluding carboxylic acids is 1. The monoisotopic (exact) mass is 247 g/mol. The number of aldehydes is 1. The van der Waals surface area contributed by atoms with Crippen LogP contribution < -0.4 is 0 Å². The molecule has 1 aromatic heterocycles. The van der Waals surface area contributed by atoms with Gasteiger partial charge in [0.1, 0.15) is 0 Å². The van der Waals surface area contributed by atoms with Crippen molar-refractivity contribution in [3.63, 3.8) is 0 Å². The van der Waals surface area contributed by atoms with Gasteiger partial charge in [-0.25, -0.2) is 0 Å². The summed E-state index contributed by atoms with van der Waals surface area (Å²) in [5.74, 6) is 0. The van der Waals surface area contributed by atoms with Crippen molar-refractivity contribution in [2.45, 2.75) is 26.2 Å². The molecule has 0 amide bonds. The van der Waals surface area contributed by atoms with E-state index in [4.69, 9.17) is 11.6 Å². The van der Waals surface area contributed by atoms with Crippen LogP contribution in [0.5, 0.6) is 0 Å². The molecule has 0 saturated heterocycles. The zero-order chi connectivity index (χ0) is 12.6. The van der Waals surface area contributed by atoms with Crippen LogP contribution >= 0.6 is 11.6 Å². The highest BCUT2D eigenvalue weighted by Crippen LogP contribution is 2.32. The van der Waals surface area contributed by atoms with Gasteiger partial charge in [0.05, 0.1) is 5.52 Å². The zero-order valence-corrected chi connectivity index (χ0v) is 10.9. The standard InChI is InChI=1S/C14H14ClNO/c1-14(2,3)13-9(8-17)7-16-12-5-4-10(15)6-11(12)13/h4-8H,1-3H3. The number of pyridine rings is 1. The molecule has 0 aliphatic heterocycles. The average Bonchev–Trinajstić information content (AvgIpc) is 2.25. The van der Waals surface area contributed by atoms with E-state index in [0.29, 0.717) is 10.6 Å². The summed E-state index contributed by atoms with van der Waals surface area (Å²) in [6, 6.07) is 5.56. The van der Waals surface area contributed by atoms with Crippen molar-refractivity contribution in [2.75, 3.05) is 0 Å². The lowest BCUT2D eigenvalue weighted by molar-refractivity contribution is 0.112. The molecule has 1 aromatic carbocycles. The fraction of sp³-hybridized carbons (Fsp3) is 0.286. The van der Waals surface area contributed by atoms with Crippen LogP contribution in [0, 0.1) is 0 Å². The molecule has 0 atom stereocenters. The maximum Gasteiger partial charge on any atom is 0.151 e. The van der Waals surface area contributed by atoms with E-state index in [2.05, 4.69) is 25.8 Å². The van der Waals surface area contributed by atoms with Gasteiger partial charge in [-0.15, -0.1) is 0 Å². The third kappa shape index (κ3) is 2.18. The van der Waals surface area contributed by atoms with E-state index in [-0.39, 0.29) is 5.41 Å². The normalized spacial score (nSPS) is 11.8. The molecule has 0 aliphatic carbocycles. The largest absolute Gasteiger partial charge is 0.298 e. The zero-order valence-electron chi connectivity index (χ0n) is 10.1. The summed E-state index contributed by atoms with van der Waals surface area (Å²) in [5, 5.41) is 1.61. The number of hydrogen-bond donors (Lipinski definition) is 0. The minimum Gasteiger partial charge on any atom is -0.298 e. The van der Waals surface area contributed by atoms with Crippen molar-refractivity contribution in [1.29, 1.82) is 0 Å². The number of fused-ring (bicyclic) bond motifs is 1. The number of hydrogen-bond acceptors (Lipinski definition) is 2. The third-order valence-electron chi connectivity index (χ3n) is 2.74. The van der Waals surface area contributed by atoms with Gasteiger partial charge in [-0.3, -0.25) is 9.78 Å². The summed E-state index contributed by atoms with van der Waals surface area (Å²) in [5.41, 5.74) is 2.37. The first kappa shape index (κ1) is 12.1. The second-order valence-electron chi connectivity index (χ2n) is 5.12. The van der Waals surface area contributed by atoms with Crippen molar-refractivity contribution in [1.82, 2.24) is 4.98 Å². The summed E-state index contributed by atoms with van der Waals surface area (Å²) < 4.78 is 0. The fourth-order valence-corrected chi connectivity index (χ4v) is 2.28. The maximum absolute atomic E-state index is 11.1. The Morgan fingerprint density at radius 2 is 2.00 bits per heavy atom. The molecule has 0 unspecified atom stereocenters.